The average molecular weight is 295 g/mol. The molecule has 0 spiro atoms. The minimum Gasteiger partial charge on any atom is -0.368 e. The largest absolute Gasteiger partial charge is 0.368 e. The van der Waals surface area contributed by atoms with Crippen LogP contribution in [0, 0.1) is 6.92 Å². The summed E-state index contributed by atoms with van der Waals surface area (Å²) in [5.41, 5.74) is 4.17. The first-order valence-corrected chi connectivity index (χ1v) is 6.99. The highest BCUT2D eigenvalue weighted by molar-refractivity contribution is 6.31. The molecule has 2 nitrogen and oxygen atoms in total. The van der Waals surface area contributed by atoms with Crippen LogP contribution in [0.2, 0.25) is 5.02 Å². The van der Waals surface area contributed by atoms with Crippen molar-refractivity contribution in [3.8, 4) is 0 Å². The molecule has 2 aromatic rings. The van der Waals surface area contributed by atoms with Gasteiger partial charge in [0.2, 0.25) is 0 Å². The van der Waals surface area contributed by atoms with E-state index in [-0.39, 0.29) is 0 Å². The van der Waals surface area contributed by atoms with Gasteiger partial charge in [-0.3, -0.25) is 4.98 Å². The summed E-state index contributed by atoms with van der Waals surface area (Å²) in [5, 5.41) is 0.716. The van der Waals surface area contributed by atoms with Gasteiger partial charge in [0.15, 0.2) is 0 Å². The zero-order valence-electron chi connectivity index (χ0n) is 11.0. The first kappa shape index (κ1) is 14.2. The van der Waals surface area contributed by atoms with Crippen LogP contribution in [0.5, 0.6) is 0 Å². The van der Waals surface area contributed by atoms with E-state index in [1.807, 2.05) is 50.4 Å². The summed E-state index contributed by atoms with van der Waals surface area (Å²) in [6.45, 7) is 2.72. The fourth-order valence-electron chi connectivity index (χ4n) is 2.02. The van der Waals surface area contributed by atoms with Crippen LogP contribution >= 0.6 is 23.2 Å². The molecule has 1 aromatic carbocycles. The molecular weight excluding hydrogens is 279 g/mol. The van der Waals surface area contributed by atoms with E-state index in [4.69, 9.17) is 23.2 Å². The van der Waals surface area contributed by atoms with Gasteiger partial charge in [-0.2, -0.15) is 0 Å². The van der Waals surface area contributed by atoms with E-state index < -0.39 is 0 Å². The van der Waals surface area contributed by atoms with Crippen LogP contribution in [-0.4, -0.2) is 12.0 Å². The van der Waals surface area contributed by atoms with Crippen molar-refractivity contribution in [2.75, 3.05) is 11.9 Å². The monoisotopic (exact) mass is 294 g/mol. The Morgan fingerprint density at radius 2 is 2.00 bits per heavy atom. The van der Waals surface area contributed by atoms with Crippen molar-refractivity contribution in [2.24, 2.45) is 0 Å². The van der Waals surface area contributed by atoms with E-state index in [0.29, 0.717) is 10.9 Å². The van der Waals surface area contributed by atoms with Crippen LogP contribution in [0.15, 0.2) is 36.4 Å². The molecule has 0 saturated heterocycles. The Balaban J connectivity index is 2.24. The fraction of sp³-hybridized carbons (Fsp3) is 0.267. The number of halogens is 2. The Morgan fingerprint density at radius 3 is 2.68 bits per heavy atom. The minimum atomic E-state index is 0.470. The number of benzene rings is 1. The third kappa shape index (κ3) is 3.62. The molecule has 0 aliphatic rings. The maximum Gasteiger partial charge on any atom is 0.0600 e. The van der Waals surface area contributed by atoms with E-state index in [2.05, 4.69) is 9.88 Å². The highest BCUT2D eigenvalue weighted by Crippen LogP contribution is 2.26. The summed E-state index contributed by atoms with van der Waals surface area (Å²) in [7, 11) is 2.02. The van der Waals surface area contributed by atoms with Crippen molar-refractivity contribution >= 4 is 28.9 Å². The van der Waals surface area contributed by atoms with Crippen molar-refractivity contribution < 1.29 is 0 Å². The molecule has 0 bridgehead atoms. The summed E-state index contributed by atoms with van der Waals surface area (Å²) in [5.74, 6) is 0.470. The zero-order chi connectivity index (χ0) is 13.8. The van der Waals surface area contributed by atoms with Crippen LogP contribution in [0.1, 0.15) is 17.0 Å². The summed E-state index contributed by atoms with van der Waals surface area (Å²) >= 11 is 12.0. The van der Waals surface area contributed by atoms with Gasteiger partial charge < -0.3 is 4.90 Å². The number of hydrogen-bond donors (Lipinski definition) is 0. The Hall–Kier alpha value is -1.25. The van der Waals surface area contributed by atoms with Gasteiger partial charge in [-0.05, 0) is 36.8 Å². The third-order valence-corrected chi connectivity index (χ3v) is 3.47. The van der Waals surface area contributed by atoms with Gasteiger partial charge in [-0.15, -0.1) is 11.6 Å². The predicted molar refractivity (Wildman–Crippen MR) is 82.1 cm³/mol. The van der Waals surface area contributed by atoms with E-state index in [1.165, 1.54) is 0 Å². The first-order valence-electron chi connectivity index (χ1n) is 6.08. The molecule has 0 radical (unpaired) electrons. The molecule has 100 valence electrons. The first-order chi connectivity index (χ1) is 9.10. The lowest BCUT2D eigenvalue weighted by Gasteiger charge is -2.22. The van der Waals surface area contributed by atoms with Gasteiger partial charge in [0.25, 0.3) is 0 Å². The van der Waals surface area contributed by atoms with E-state index in [1.54, 1.807) is 0 Å². The van der Waals surface area contributed by atoms with Crippen molar-refractivity contribution in [2.45, 2.75) is 19.3 Å². The van der Waals surface area contributed by atoms with Crippen molar-refractivity contribution in [1.29, 1.82) is 0 Å². The number of aryl methyl sites for hydroxylation is 1. The average Bonchev–Trinajstić information content (AvgIpc) is 2.38. The number of aromatic nitrogens is 1. The minimum absolute atomic E-state index is 0.470. The molecular formula is C15H16Cl2N2. The number of nitrogens with zero attached hydrogens (tertiary/aromatic N) is 2. The summed E-state index contributed by atoms with van der Waals surface area (Å²) < 4.78 is 0. The number of alkyl halides is 1. The number of anilines is 1. The van der Waals surface area contributed by atoms with Gasteiger partial charge in [-0.1, -0.05) is 23.7 Å². The lowest BCUT2D eigenvalue weighted by molar-refractivity contribution is 0.872. The van der Waals surface area contributed by atoms with Crippen LogP contribution in [0.4, 0.5) is 5.69 Å². The van der Waals surface area contributed by atoms with Crippen molar-refractivity contribution in [3.63, 3.8) is 0 Å². The highest BCUT2D eigenvalue weighted by atomic mass is 35.5. The van der Waals surface area contributed by atoms with Crippen LogP contribution in [-0.2, 0) is 12.4 Å². The predicted octanol–water partition coefficient (Wildman–Crippen LogP) is 4.42. The van der Waals surface area contributed by atoms with Gasteiger partial charge >= 0.3 is 0 Å². The van der Waals surface area contributed by atoms with Crippen molar-refractivity contribution in [3.05, 3.63) is 58.4 Å². The topological polar surface area (TPSA) is 16.1 Å². The maximum absolute atomic E-state index is 6.06. The summed E-state index contributed by atoms with van der Waals surface area (Å²) in [6, 6.07) is 11.8. The van der Waals surface area contributed by atoms with Crippen molar-refractivity contribution in [1.82, 2.24) is 4.98 Å². The molecule has 19 heavy (non-hydrogen) atoms. The van der Waals surface area contributed by atoms with Crippen LogP contribution in [0.3, 0.4) is 0 Å². The molecule has 0 unspecified atom stereocenters. The van der Waals surface area contributed by atoms with Crippen LogP contribution in [0.25, 0.3) is 0 Å². The molecule has 0 N–H and O–H groups in total. The molecule has 0 amide bonds. The third-order valence-electron chi connectivity index (χ3n) is 2.95. The Kier molecular flexibility index (Phi) is 4.67. The number of pyridine rings is 1. The molecule has 1 aromatic heterocycles. The summed E-state index contributed by atoms with van der Waals surface area (Å²) in [4.78, 5) is 6.63. The molecule has 0 aliphatic carbocycles. The molecule has 0 atom stereocenters. The van der Waals surface area contributed by atoms with E-state index in [9.17, 15) is 0 Å². The fourth-order valence-corrected chi connectivity index (χ4v) is 2.41. The molecule has 0 saturated carbocycles. The molecule has 2 rings (SSSR count). The second-order valence-corrected chi connectivity index (χ2v) is 5.24. The van der Waals surface area contributed by atoms with E-state index in [0.717, 1.165) is 29.2 Å². The number of rotatable bonds is 4. The lowest BCUT2D eigenvalue weighted by atomic mass is 10.2. The normalized spacial score (nSPS) is 10.5. The van der Waals surface area contributed by atoms with Gasteiger partial charge in [0.1, 0.15) is 0 Å². The standard InChI is InChI=1S/C15H16Cl2N2/c1-11-4-3-5-14(18-11)10-19(2)15-8-13(17)7-6-12(15)9-16/h3-8H,9-10H2,1-2H3. The van der Waals surface area contributed by atoms with Gasteiger partial charge in [0.05, 0.1) is 12.2 Å². The van der Waals surface area contributed by atoms with Gasteiger partial charge in [0, 0.05) is 29.3 Å². The second-order valence-electron chi connectivity index (χ2n) is 4.53. The summed E-state index contributed by atoms with van der Waals surface area (Å²) in [6.07, 6.45) is 0. The Bertz CT molecular complexity index is 570. The molecule has 1 heterocycles. The lowest BCUT2D eigenvalue weighted by Crippen LogP contribution is -2.18. The van der Waals surface area contributed by atoms with Gasteiger partial charge in [-0.25, -0.2) is 0 Å². The smallest absolute Gasteiger partial charge is 0.0600 e. The molecule has 0 fully saturated rings. The highest BCUT2D eigenvalue weighted by Gasteiger charge is 2.09. The SMILES string of the molecule is Cc1cccc(CN(C)c2cc(Cl)ccc2CCl)n1. The Labute approximate surface area is 124 Å². The Morgan fingerprint density at radius 1 is 1.21 bits per heavy atom. The molecule has 4 heteroatoms. The van der Waals surface area contributed by atoms with E-state index >= 15 is 0 Å². The zero-order valence-corrected chi connectivity index (χ0v) is 12.5. The van der Waals surface area contributed by atoms with Crippen LogP contribution < -0.4 is 4.90 Å². The number of hydrogen-bond acceptors (Lipinski definition) is 2. The quantitative estimate of drug-likeness (QED) is 0.776. The molecule has 0 aliphatic heterocycles. The second kappa shape index (κ2) is 6.27. The maximum atomic E-state index is 6.06.